The normalized spacial score (nSPS) is 18.4. The van der Waals surface area contributed by atoms with Gasteiger partial charge in [0.05, 0.1) is 0 Å². The molecule has 1 aliphatic rings. The molecule has 0 aliphatic carbocycles. The standard InChI is InChI=1S/C16H23BrN2OS.ClH/c1-16(2,12-3-5-13(17)6-4-12)11-19-15(20)9-14-10-21-8-7-18-14;/h3-6,14,18H,7-11H2,1-2H3,(H,19,20);1H. The second-order valence-electron chi connectivity index (χ2n) is 6.10. The van der Waals surface area contributed by atoms with E-state index in [0.29, 0.717) is 19.0 Å². The zero-order valence-electron chi connectivity index (χ0n) is 13.0. The number of nitrogens with one attached hydrogen (secondary N) is 2. The lowest BCUT2D eigenvalue weighted by atomic mass is 9.84. The monoisotopic (exact) mass is 406 g/mol. The summed E-state index contributed by atoms with van der Waals surface area (Å²) in [6.45, 7) is 5.98. The molecule has 1 aromatic carbocycles. The Morgan fingerprint density at radius 3 is 2.68 bits per heavy atom. The van der Waals surface area contributed by atoms with Crippen molar-refractivity contribution in [2.45, 2.75) is 31.7 Å². The highest BCUT2D eigenvalue weighted by molar-refractivity contribution is 9.10. The van der Waals surface area contributed by atoms with Crippen LogP contribution in [0.15, 0.2) is 28.7 Å². The number of carbonyl (C=O) groups excluding carboxylic acids is 1. The zero-order chi connectivity index (χ0) is 15.3. The third kappa shape index (κ3) is 6.11. The van der Waals surface area contributed by atoms with Crippen LogP contribution >= 0.6 is 40.1 Å². The summed E-state index contributed by atoms with van der Waals surface area (Å²) in [5.41, 5.74) is 1.17. The molecular weight excluding hydrogens is 384 g/mol. The predicted octanol–water partition coefficient (Wildman–Crippen LogP) is 3.36. The van der Waals surface area contributed by atoms with Gasteiger partial charge in [-0.2, -0.15) is 11.8 Å². The highest BCUT2D eigenvalue weighted by Gasteiger charge is 2.22. The van der Waals surface area contributed by atoms with E-state index in [0.717, 1.165) is 22.5 Å². The van der Waals surface area contributed by atoms with Crippen LogP contribution in [0.3, 0.4) is 0 Å². The Labute approximate surface area is 151 Å². The summed E-state index contributed by atoms with van der Waals surface area (Å²) in [4.78, 5) is 12.1. The van der Waals surface area contributed by atoms with Crippen LogP contribution in [0.1, 0.15) is 25.8 Å². The third-order valence-electron chi connectivity index (χ3n) is 3.78. The average Bonchev–Trinajstić information content (AvgIpc) is 2.47. The van der Waals surface area contributed by atoms with E-state index in [1.54, 1.807) is 0 Å². The average molecular weight is 408 g/mol. The Kier molecular flexibility index (Phi) is 8.25. The fraction of sp³-hybridized carbons (Fsp3) is 0.562. The molecule has 3 nitrogen and oxygen atoms in total. The van der Waals surface area contributed by atoms with E-state index < -0.39 is 0 Å². The number of benzene rings is 1. The van der Waals surface area contributed by atoms with Crippen molar-refractivity contribution in [3.05, 3.63) is 34.3 Å². The molecule has 0 radical (unpaired) electrons. The van der Waals surface area contributed by atoms with Gasteiger partial charge in [0.25, 0.3) is 0 Å². The van der Waals surface area contributed by atoms with Crippen molar-refractivity contribution in [1.82, 2.24) is 10.6 Å². The van der Waals surface area contributed by atoms with Crippen LogP contribution in [-0.4, -0.2) is 36.5 Å². The Balaban J connectivity index is 0.00000242. The maximum atomic E-state index is 12.1. The van der Waals surface area contributed by atoms with Crippen LogP contribution in [0.5, 0.6) is 0 Å². The van der Waals surface area contributed by atoms with Gasteiger partial charge in [-0.1, -0.05) is 41.9 Å². The molecule has 1 aromatic rings. The van der Waals surface area contributed by atoms with Gasteiger partial charge in [-0.15, -0.1) is 12.4 Å². The van der Waals surface area contributed by atoms with Gasteiger partial charge >= 0.3 is 0 Å². The van der Waals surface area contributed by atoms with Crippen LogP contribution in [0.2, 0.25) is 0 Å². The van der Waals surface area contributed by atoms with E-state index in [1.807, 2.05) is 23.9 Å². The maximum absolute atomic E-state index is 12.1. The third-order valence-corrected chi connectivity index (χ3v) is 5.44. The smallest absolute Gasteiger partial charge is 0.221 e. The van der Waals surface area contributed by atoms with E-state index in [1.165, 1.54) is 5.56 Å². The van der Waals surface area contributed by atoms with E-state index in [4.69, 9.17) is 0 Å². The minimum Gasteiger partial charge on any atom is -0.355 e. The summed E-state index contributed by atoms with van der Waals surface area (Å²) in [6, 6.07) is 8.62. The van der Waals surface area contributed by atoms with Crippen LogP contribution in [0.4, 0.5) is 0 Å². The molecule has 124 valence electrons. The quantitative estimate of drug-likeness (QED) is 0.786. The van der Waals surface area contributed by atoms with E-state index in [9.17, 15) is 4.79 Å². The van der Waals surface area contributed by atoms with Crippen molar-refractivity contribution < 1.29 is 4.79 Å². The molecular formula is C16H24BrClN2OS. The second-order valence-corrected chi connectivity index (χ2v) is 8.16. The van der Waals surface area contributed by atoms with Crippen molar-refractivity contribution in [3.8, 4) is 0 Å². The molecule has 1 aliphatic heterocycles. The van der Waals surface area contributed by atoms with Crippen LogP contribution in [0.25, 0.3) is 0 Å². The summed E-state index contributed by atoms with van der Waals surface area (Å²) in [7, 11) is 0. The molecule has 1 amide bonds. The molecule has 1 saturated heterocycles. The molecule has 0 spiro atoms. The Morgan fingerprint density at radius 2 is 2.09 bits per heavy atom. The first-order valence-electron chi connectivity index (χ1n) is 7.31. The number of amides is 1. The Bertz CT molecular complexity index is 476. The molecule has 1 heterocycles. The topological polar surface area (TPSA) is 41.1 Å². The van der Waals surface area contributed by atoms with Gasteiger partial charge in [-0.25, -0.2) is 0 Å². The number of rotatable bonds is 5. The summed E-state index contributed by atoms with van der Waals surface area (Å²) in [5.74, 6) is 2.32. The van der Waals surface area contributed by atoms with Crippen molar-refractivity contribution in [1.29, 1.82) is 0 Å². The van der Waals surface area contributed by atoms with Gasteiger partial charge in [-0.3, -0.25) is 4.79 Å². The van der Waals surface area contributed by atoms with Gasteiger partial charge in [0.2, 0.25) is 5.91 Å². The van der Waals surface area contributed by atoms with Crippen molar-refractivity contribution in [2.24, 2.45) is 0 Å². The molecule has 2 rings (SSSR count). The van der Waals surface area contributed by atoms with Gasteiger partial charge in [-0.05, 0) is 17.7 Å². The Hall–Kier alpha value is -0.230. The van der Waals surface area contributed by atoms with Crippen molar-refractivity contribution >= 4 is 46.0 Å². The van der Waals surface area contributed by atoms with Gasteiger partial charge in [0, 0.05) is 46.9 Å². The number of hydrogen-bond donors (Lipinski definition) is 2. The lowest BCUT2D eigenvalue weighted by molar-refractivity contribution is -0.121. The van der Waals surface area contributed by atoms with Crippen LogP contribution < -0.4 is 10.6 Å². The number of thioether (sulfide) groups is 1. The lowest BCUT2D eigenvalue weighted by Gasteiger charge is -2.27. The molecule has 0 bridgehead atoms. The Morgan fingerprint density at radius 1 is 1.41 bits per heavy atom. The molecule has 1 unspecified atom stereocenters. The molecule has 1 fully saturated rings. The SMILES string of the molecule is CC(C)(CNC(=O)CC1CSCCN1)c1ccc(Br)cc1.Cl. The minimum atomic E-state index is -0.0644. The summed E-state index contributed by atoms with van der Waals surface area (Å²) in [6.07, 6.45) is 0.573. The van der Waals surface area contributed by atoms with Crippen LogP contribution in [-0.2, 0) is 10.2 Å². The summed E-state index contributed by atoms with van der Waals surface area (Å²) >= 11 is 5.37. The van der Waals surface area contributed by atoms with Crippen LogP contribution in [0, 0.1) is 0 Å². The maximum Gasteiger partial charge on any atom is 0.221 e. The highest BCUT2D eigenvalue weighted by Crippen LogP contribution is 2.24. The molecule has 0 aromatic heterocycles. The number of carbonyl (C=O) groups is 1. The zero-order valence-corrected chi connectivity index (χ0v) is 16.2. The summed E-state index contributed by atoms with van der Waals surface area (Å²) in [5, 5.41) is 6.48. The first kappa shape index (κ1) is 19.8. The van der Waals surface area contributed by atoms with Crippen molar-refractivity contribution in [3.63, 3.8) is 0 Å². The van der Waals surface area contributed by atoms with E-state index in [-0.39, 0.29) is 23.7 Å². The second kappa shape index (κ2) is 9.16. The first-order valence-corrected chi connectivity index (χ1v) is 9.26. The predicted molar refractivity (Wildman–Crippen MR) is 101 cm³/mol. The largest absolute Gasteiger partial charge is 0.355 e. The fourth-order valence-electron chi connectivity index (χ4n) is 2.37. The van der Waals surface area contributed by atoms with E-state index >= 15 is 0 Å². The number of halogens is 2. The molecule has 6 heteroatoms. The minimum absolute atomic E-state index is 0. The van der Waals surface area contributed by atoms with Gasteiger partial charge in [0.1, 0.15) is 0 Å². The molecule has 2 N–H and O–H groups in total. The number of hydrogen-bond acceptors (Lipinski definition) is 3. The van der Waals surface area contributed by atoms with Crippen molar-refractivity contribution in [2.75, 3.05) is 24.6 Å². The fourth-order valence-corrected chi connectivity index (χ4v) is 3.58. The molecule has 1 atom stereocenters. The molecule has 22 heavy (non-hydrogen) atoms. The lowest BCUT2D eigenvalue weighted by Crippen LogP contribution is -2.43. The highest BCUT2D eigenvalue weighted by atomic mass is 79.9. The van der Waals surface area contributed by atoms with Gasteiger partial charge < -0.3 is 10.6 Å². The summed E-state index contributed by atoms with van der Waals surface area (Å²) < 4.78 is 1.08. The van der Waals surface area contributed by atoms with E-state index in [2.05, 4.69) is 52.5 Å². The van der Waals surface area contributed by atoms with Gasteiger partial charge in [0.15, 0.2) is 0 Å². The molecule has 0 saturated carbocycles. The first-order chi connectivity index (χ1) is 9.97.